The van der Waals surface area contributed by atoms with Crippen molar-refractivity contribution in [3.8, 4) is 0 Å². The Bertz CT molecular complexity index is 496. The Morgan fingerprint density at radius 1 is 1.40 bits per heavy atom. The van der Waals surface area contributed by atoms with Crippen molar-refractivity contribution in [3.63, 3.8) is 0 Å². The van der Waals surface area contributed by atoms with Crippen molar-refractivity contribution in [2.45, 2.75) is 25.1 Å². The van der Waals surface area contributed by atoms with Crippen LogP contribution >= 0.6 is 0 Å². The minimum absolute atomic E-state index is 0.0906. The van der Waals surface area contributed by atoms with Crippen molar-refractivity contribution in [3.05, 3.63) is 35.1 Å². The second kappa shape index (κ2) is 5.78. The number of carbonyl (C=O) groups excluding carboxylic acids is 1. The summed E-state index contributed by atoms with van der Waals surface area (Å²) in [5.41, 5.74) is -1.62. The summed E-state index contributed by atoms with van der Waals surface area (Å²) >= 11 is 0. The van der Waals surface area contributed by atoms with E-state index in [2.05, 4.69) is 10.6 Å². The van der Waals surface area contributed by atoms with Gasteiger partial charge in [-0.3, -0.25) is 4.79 Å². The highest BCUT2D eigenvalue weighted by atomic mass is 19.4. The molecule has 1 unspecified atom stereocenters. The molecule has 0 spiro atoms. The number of carbonyl (C=O) groups is 1. The van der Waals surface area contributed by atoms with E-state index in [0.29, 0.717) is 18.2 Å². The van der Waals surface area contributed by atoms with E-state index in [1.165, 1.54) is 0 Å². The van der Waals surface area contributed by atoms with Crippen LogP contribution in [0.25, 0.3) is 0 Å². The Kier molecular flexibility index (Phi) is 4.27. The third kappa shape index (κ3) is 3.47. The number of rotatable bonds is 3. The van der Waals surface area contributed by atoms with Crippen LogP contribution in [0.15, 0.2) is 18.2 Å². The Hall–Kier alpha value is -1.63. The van der Waals surface area contributed by atoms with Crippen LogP contribution in [0.4, 0.5) is 17.6 Å². The molecule has 110 valence electrons. The SMILES string of the molecule is O=C(NCC1CCCN1)c1cc(C(F)(F)F)ccc1F. The van der Waals surface area contributed by atoms with Gasteiger partial charge in [0.25, 0.3) is 5.91 Å². The van der Waals surface area contributed by atoms with Gasteiger partial charge in [-0.25, -0.2) is 4.39 Å². The summed E-state index contributed by atoms with van der Waals surface area (Å²) in [6, 6.07) is 1.90. The van der Waals surface area contributed by atoms with Gasteiger partial charge >= 0.3 is 6.18 Å². The summed E-state index contributed by atoms with van der Waals surface area (Å²) in [6.45, 7) is 1.12. The van der Waals surface area contributed by atoms with Crippen LogP contribution in [0.2, 0.25) is 0 Å². The van der Waals surface area contributed by atoms with Crippen molar-refractivity contribution < 1.29 is 22.4 Å². The van der Waals surface area contributed by atoms with Gasteiger partial charge in [-0.1, -0.05) is 0 Å². The van der Waals surface area contributed by atoms with E-state index in [-0.39, 0.29) is 12.6 Å². The lowest BCUT2D eigenvalue weighted by Crippen LogP contribution is -2.37. The van der Waals surface area contributed by atoms with Gasteiger partial charge in [-0.15, -0.1) is 0 Å². The van der Waals surface area contributed by atoms with E-state index in [9.17, 15) is 22.4 Å². The number of amides is 1. The van der Waals surface area contributed by atoms with Gasteiger partial charge < -0.3 is 10.6 Å². The van der Waals surface area contributed by atoms with E-state index >= 15 is 0 Å². The van der Waals surface area contributed by atoms with Crippen molar-refractivity contribution in [2.75, 3.05) is 13.1 Å². The molecule has 0 saturated carbocycles. The number of benzene rings is 1. The van der Waals surface area contributed by atoms with Gasteiger partial charge in [-0.2, -0.15) is 13.2 Å². The van der Waals surface area contributed by atoms with Gasteiger partial charge in [0, 0.05) is 12.6 Å². The summed E-state index contributed by atoms with van der Waals surface area (Å²) in [4.78, 5) is 11.8. The van der Waals surface area contributed by atoms with Crippen molar-refractivity contribution in [2.24, 2.45) is 0 Å². The largest absolute Gasteiger partial charge is 0.416 e. The first-order valence-corrected chi connectivity index (χ1v) is 6.26. The zero-order valence-corrected chi connectivity index (χ0v) is 10.6. The molecule has 1 atom stereocenters. The van der Waals surface area contributed by atoms with E-state index in [1.807, 2.05) is 0 Å². The number of alkyl halides is 3. The smallest absolute Gasteiger partial charge is 0.350 e. The highest BCUT2D eigenvalue weighted by Gasteiger charge is 2.32. The summed E-state index contributed by atoms with van der Waals surface area (Å²) in [6.07, 6.45) is -2.74. The van der Waals surface area contributed by atoms with Crippen LogP contribution in [-0.4, -0.2) is 25.0 Å². The number of hydrogen-bond acceptors (Lipinski definition) is 2. The molecule has 1 fully saturated rings. The van der Waals surface area contributed by atoms with Gasteiger partial charge in [0.1, 0.15) is 5.82 Å². The predicted molar refractivity (Wildman–Crippen MR) is 64.8 cm³/mol. The molecule has 0 aromatic heterocycles. The van der Waals surface area contributed by atoms with E-state index in [0.717, 1.165) is 19.4 Å². The summed E-state index contributed by atoms with van der Waals surface area (Å²) in [7, 11) is 0. The number of halogens is 4. The lowest BCUT2D eigenvalue weighted by atomic mass is 10.1. The fraction of sp³-hybridized carbons (Fsp3) is 0.462. The highest BCUT2D eigenvalue weighted by molar-refractivity contribution is 5.94. The predicted octanol–water partition coefficient (Wildman–Crippen LogP) is 2.33. The van der Waals surface area contributed by atoms with Gasteiger partial charge in [0.15, 0.2) is 0 Å². The molecule has 1 aromatic carbocycles. The molecular formula is C13H14F4N2O. The normalized spacial score (nSPS) is 19.1. The Labute approximate surface area is 113 Å². The number of nitrogens with one attached hydrogen (secondary N) is 2. The maximum absolute atomic E-state index is 13.5. The van der Waals surface area contributed by atoms with Crippen LogP contribution in [0, 0.1) is 5.82 Å². The molecule has 1 heterocycles. The Morgan fingerprint density at radius 3 is 2.75 bits per heavy atom. The zero-order chi connectivity index (χ0) is 14.8. The minimum Gasteiger partial charge on any atom is -0.350 e. The topological polar surface area (TPSA) is 41.1 Å². The first kappa shape index (κ1) is 14.8. The second-order valence-electron chi connectivity index (χ2n) is 4.70. The summed E-state index contributed by atoms with van der Waals surface area (Å²) in [5.74, 6) is -1.79. The van der Waals surface area contributed by atoms with Crippen LogP contribution in [0.5, 0.6) is 0 Å². The second-order valence-corrected chi connectivity index (χ2v) is 4.70. The third-order valence-electron chi connectivity index (χ3n) is 3.21. The van der Waals surface area contributed by atoms with Crippen molar-refractivity contribution in [1.29, 1.82) is 0 Å². The fourth-order valence-corrected chi connectivity index (χ4v) is 2.12. The lowest BCUT2D eigenvalue weighted by molar-refractivity contribution is -0.137. The molecule has 1 saturated heterocycles. The van der Waals surface area contributed by atoms with E-state index < -0.39 is 29.0 Å². The molecule has 0 radical (unpaired) electrons. The zero-order valence-electron chi connectivity index (χ0n) is 10.6. The maximum Gasteiger partial charge on any atom is 0.416 e. The molecule has 3 nitrogen and oxygen atoms in total. The van der Waals surface area contributed by atoms with Gasteiger partial charge in [0.05, 0.1) is 11.1 Å². The molecule has 1 amide bonds. The molecule has 1 aromatic rings. The van der Waals surface area contributed by atoms with E-state index in [1.54, 1.807) is 0 Å². The molecule has 7 heteroatoms. The quantitative estimate of drug-likeness (QED) is 0.839. The monoisotopic (exact) mass is 290 g/mol. The highest BCUT2D eigenvalue weighted by Crippen LogP contribution is 2.30. The fourth-order valence-electron chi connectivity index (χ4n) is 2.12. The van der Waals surface area contributed by atoms with Gasteiger partial charge in [0.2, 0.25) is 0 Å². The van der Waals surface area contributed by atoms with Crippen LogP contribution in [-0.2, 0) is 6.18 Å². The standard InChI is InChI=1S/C13H14F4N2O/c14-11-4-3-8(13(15,16)17)6-10(11)12(20)19-7-9-2-1-5-18-9/h3-4,6,9,18H,1-2,5,7H2,(H,19,20). The van der Waals surface area contributed by atoms with Crippen LogP contribution in [0.3, 0.4) is 0 Å². The third-order valence-corrected chi connectivity index (χ3v) is 3.21. The van der Waals surface area contributed by atoms with Crippen molar-refractivity contribution >= 4 is 5.91 Å². The van der Waals surface area contributed by atoms with Crippen LogP contribution in [0.1, 0.15) is 28.8 Å². The molecular weight excluding hydrogens is 276 g/mol. The summed E-state index contributed by atoms with van der Waals surface area (Å²) in [5, 5.41) is 5.58. The Balaban J connectivity index is 2.08. The van der Waals surface area contributed by atoms with E-state index in [4.69, 9.17) is 0 Å². The molecule has 20 heavy (non-hydrogen) atoms. The summed E-state index contributed by atoms with van der Waals surface area (Å²) < 4.78 is 51.1. The Morgan fingerprint density at radius 2 is 2.15 bits per heavy atom. The average Bonchev–Trinajstić information content (AvgIpc) is 2.88. The first-order valence-electron chi connectivity index (χ1n) is 6.26. The molecule has 1 aliphatic rings. The molecule has 0 bridgehead atoms. The van der Waals surface area contributed by atoms with Gasteiger partial charge in [-0.05, 0) is 37.6 Å². The molecule has 0 aliphatic carbocycles. The molecule has 2 N–H and O–H groups in total. The molecule has 1 aliphatic heterocycles. The first-order chi connectivity index (χ1) is 9.38. The van der Waals surface area contributed by atoms with Crippen molar-refractivity contribution in [1.82, 2.24) is 10.6 Å². The number of hydrogen-bond donors (Lipinski definition) is 2. The lowest BCUT2D eigenvalue weighted by Gasteiger charge is -2.13. The average molecular weight is 290 g/mol. The maximum atomic E-state index is 13.5. The molecule has 2 rings (SSSR count). The minimum atomic E-state index is -4.60. The van der Waals surface area contributed by atoms with Crippen LogP contribution < -0.4 is 10.6 Å².